The molecule has 0 saturated carbocycles. The Balaban J connectivity index is 2.28. The molecule has 2 heteroatoms. The van der Waals surface area contributed by atoms with Gasteiger partial charge in [0.05, 0.1) is 0 Å². The summed E-state index contributed by atoms with van der Waals surface area (Å²) in [6, 6.07) is 17.9. The molecule has 4 rings (SSSR count). The summed E-state index contributed by atoms with van der Waals surface area (Å²) in [7, 11) is 8.43. The van der Waals surface area contributed by atoms with E-state index in [1.807, 2.05) is 0 Å². The van der Waals surface area contributed by atoms with Gasteiger partial charge in [0.25, 0.3) is 0 Å². The van der Waals surface area contributed by atoms with Crippen LogP contribution in [0, 0.1) is 0 Å². The first-order chi connectivity index (χ1) is 10.6. The second kappa shape index (κ2) is 4.51. The zero-order chi connectivity index (χ0) is 15.4. The zero-order valence-corrected chi connectivity index (χ0v) is 13.5. The predicted molar refractivity (Wildman–Crippen MR) is 98.8 cm³/mol. The standard InChI is InChI=1S/C20H20N2/c1-21(2)17-11-7-13-5-6-14-8-12-18(22(3)4)16-10-9-15(17)19(13)20(14)16/h5-12H,1-4H3. The molecular weight excluding hydrogens is 268 g/mol. The van der Waals surface area contributed by atoms with Gasteiger partial charge in [0.15, 0.2) is 0 Å². The zero-order valence-electron chi connectivity index (χ0n) is 13.5. The number of rotatable bonds is 2. The third-order valence-corrected chi connectivity index (χ3v) is 4.58. The molecule has 0 saturated heterocycles. The Hall–Kier alpha value is -2.48. The van der Waals surface area contributed by atoms with Crippen molar-refractivity contribution in [3.05, 3.63) is 48.5 Å². The SMILES string of the molecule is CN(C)c1ccc2ccc3ccc(N(C)C)c4ccc1c2c34. The number of nitrogens with zero attached hydrogens (tertiary/aromatic N) is 2. The van der Waals surface area contributed by atoms with Crippen LogP contribution in [-0.4, -0.2) is 28.2 Å². The molecule has 2 nitrogen and oxygen atoms in total. The van der Waals surface area contributed by atoms with Crippen molar-refractivity contribution in [2.24, 2.45) is 0 Å². The van der Waals surface area contributed by atoms with Crippen LogP contribution in [0.3, 0.4) is 0 Å². The van der Waals surface area contributed by atoms with E-state index in [-0.39, 0.29) is 0 Å². The van der Waals surface area contributed by atoms with Crippen LogP contribution in [0.15, 0.2) is 48.5 Å². The molecule has 0 atom stereocenters. The van der Waals surface area contributed by atoms with E-state index in [2.05, 4.69) is 86.5 Å². The predicted octanol–water partition coefficient (Wildman–Crippen LogP) is 4.72. The number of hydrogen-bond donors (Lipinski definition) is 0. The molecule has 0 radical (unpaired) electrons. The molecule has 0 bridgehead atoms. The second-order valence-electron chi connectivity index (χ2n) is 6.38. The van der Waals surface area contributed by atoms with E-state index >= 15 is 0 Å². The maximum absolute atomic E-state index is 2.27. The molecular formula is C20H20N2. The Labute approximate surface area is 130 Å². The van der Waals surface area contributed by atoms with Gasteiger partial charge in [-0.2, -0.15) is 0 Å². The Morgan fingerprint density at radius 2 is 0.864 bits per heavy atom. The van der Waals surface area contributed by atoms with Crippen molar-refractivity contribution in [1.82, 2.24) is 0 Å². The lowest BCUT2D eigenvalue weighted by Crippen LogP contribution is -2.10. The van der Waals surface area contributed by atoms with Gasteiger partial charge in [-0.05, 0) is 33.7 Å². The summed E-state index contributed by atoms with van der Waals surface area (Å²) in [6.45, 7) is 0. The lowest BCUT2D eigenvalue weighted by atomic mass is 9.92. The van der Waals surface area contributed by atoms with Crippen molar-refractivity contribution in [2.45, 2.75) is 0 Å². The quantitative estimate of drug-likeness (QED) is 0.493. The number of anilines is 2. The van der Waals surface area contributed by atoms with Crippen molar-refractivity contribution in [1.29, 1.82) is 0 Å². The normalized spacial score (nSPS) is 11.6. The fourth-order valence-electron chi connectivity index (χ4n) is 3.55. The second-order valence-corrected chi connectivity index (χ2v) is 6.38. The van der Waals surface area contributed by atoms with Gasteiger partial charge >= 0.3 is 0 Å². The van der Waals surface area contributed by atoms with Crippen molar-refractivity contribution in [3.8, 4) is 0 Å². The molecule has 0 heterocycles. The van der Waals surface area contributed by atoms with Crippen LogP contribution in [-0.2, 0) is 0 Å². The highest BCUT2D eigenvalue weighted by atomic mass is 15.1. The lowest BCUT2D eigenvalue weighted by molar-refractivity contribution is 1.14. The average Bonchev–Trinajstić information content (AvgIpc) is 2.51. The highest BCUT2D eigenvalue weighted by molar-refractivity contribution is 6.27. The Morgan fingerprint density at radius 3 is 1.23 bits per heavy atom. The van der Waals surface area contributed by atoms with Crippen LogP contribution in [0.5, 0.6) is 0 Å². The van der Waals surface area contributed by atoms with Crippen LogP contribution in [0.1, 0.15) is 0 Å². The fourth-order valence-corrected chi connectivity index (χ4v) is 3.55. The van der Waals surface area contributed by atoms with Gasteiger partial charge in [-0.1, -0.05) is 36.4 Å². The van der Waals surface area contributed by atoms with Crippen molar-refractivity contribution >= 4 is 43.7 Å². The maximum atomic E-state index is 2.27. The highest BCUT2D eigenvalue weighted by Gasteiger charge is 2.14. The van der Waals surface area contributed by atoms with E-state index in [0.717, 1.165) is 0 Å². The summed E-state index contributed by atoms with van der Waals surface area (Å²) < 4.78 is 0. The summed E-state index contributed by atoms with van der Waals surface area (Å²) in [6.07, 6.45) is 0. The molecule has 0 aromatic heterocycles. The first kappa shape index (κ1) is 13.2. The van der Waals surface area contributed by atoms with E-state index in [9.17, 15) is 0 Å². The fraction of sp³-hybridized carbons (Fsp3) is 0.200. The van der Waals surface area contributed by atoms with Crippen LogP contribution in [0.2, 0.25) is 0 Å². The first-order valence-electron chi connectivity index (χ1n) is 7.63. The molecule has 110 valence electrons. The molecule has 0 aliphatic rings. The molecule has 0 spiro atoms. The Kier molecular flexibility index (Phi) is 2.70. The van der Waals surface area contributed by atoms with Crippen molar-refractivity contribution in [3.63, 3.8) is 0 Å². The molecule has 4 aromatic rings. The summed E-state index contributed by atoms with van der Waals surface area (Å²) in [5.74, 6) is 0. The van der Waals surface area contributed by atoms with Gasteiger partial charge in [0.2, 0.25) is 0 Å². The van der Waals surface area contributed by atoms with Gasteiger partial charge < -0.3 is 9.80 Å². The Morgan fingerprint density at radius 1 is 0.500 bits per heavy atom. The number of hydrogen-bond acceptors (Lipinski definition) is 2. The third kappa shape index (κ3) is 1.67. The summed E-state index contributed by atoms with van der Waals surface area (Å²) in [5.41, 5.74) is 2.55. The Bertz CT molecular complexity index is 902. The van der Waals surface area contributed by atoms with E-state index in [1.165, 1.54) is 43.7 Å². The van der Waals surface area contributed by atoms with Crippen molar-refractivity contribution < 1.29 is 0 Å². The highest BCUT2D eigenvalue weighted by Crippen LogP contribution is 2.41. The third-order valence-electron chi connectivity index (χ3n) is 4.58. The maximum Gasteiger partial charge on any atom is 0.0441 e. The lowest BCUT2D eigenvalue weighted by Gasteiger charge is -2.21. The van der Waals surface area contributed by atoms with Gasteiger partial charge in [-0.15, -0.1) is 0 Å². The molecule has 0 amide bonds. The minimum atomic E-state index is 1.28. The molecule has 0 N–H and O–H groups in total. The molecule has 4 aromatic carbocycles. The van der Waals surface area contributed by atoms with Crippen LogP contribution < -0.4 is 9.80 Å². The van der Waals surface area contributed by atoms with Crippen LogP contribution in [0.25, 0.3) is 32.3 Å². The van der Waals surface area contributed by atoms with E-state index < -0.39 is 0 Å². The monoisotopic (exact) mass is 288 g/mol. The first-order valence-corrected chi connectivity index (χ1v) is 7.63. The van der Waals surface area contributed by atoms with Crippen molar-refractivity contribution in [2.75, 3.05) is 38.0 Å². The van der Waals surface area contributed by atoms with Crippen LogP contribution in [0.4, 0.5) is 11.4 Å². The van der Waals surface area contributed by atoms with Gasteiger partial charge in [0.1, 0.15) is 0 Å². The van der Waals surface area contributed by atoms with Gasteiger partial charge in [-0.25, -0.2) is 0 Å². The molecule has 0 aliphatic heterocycles. The molecule has 0 unspecified atom stereocenters. The largest absolute Gasteiger partial charge is 0.377 e. The van der Waals surface area contributed by atoms with E-state index in [4.69, 9.17) is 0 Å². The van der Waals surface area contributed by atoms with Gasteiger partial charge in [-0.3, -0.25) is 0 Å². The minimum Gasteiger partial charge on any atom is -0.377 e. The summed E-state index contributed by atoms with van der Waals surface area (Å²) in [5, 5.41) is 8.05. The average molecular weight is 288 g/mol. The molecule has 0 fully saturated rings. The van der Waals surface area contributed by atoms with Gasteiger partial charge in [0, 0.05) is 50.3 Å². The van der Waals surface area contributed by atoms with E-state index in [0.29, 0.717) is 0 Å². The minimum absolute atomic E-state index is 1.28. The molecule has 22 heavy (non-hydrogen) atoms. The molecule has 0 aliphatic carbocycles. The smallest absolute Gasteiger partial charge is 0.0441 e. The van der Waals surface area contributed by atoms with E-state index in [1.54, 1.807) is 0 Å². The topological polar surface area (TPSA) is 6.48 Å². The number of benzene rings is 4. The summed E-state index contributed by atoms with van der Waals surface area (Å²) in [4.78, 5) is 4.39. The van der Waals surface area contributed by atoms with Crippen LogP contribution >= 0.6 is 0 Å². The summed E-state index contributed by atoms with van der Waals surface area (Å²) >= 11 is 0.